The van der Waals surface area contributed by atoms with E-state index in [0.717, 1.165) is 36.2 Å². The van der Waals surface area contributed by atoms with E-state index in [1.165, 1.54) is 0 Å². The molecule has 2 saturated heterocycles. The largest absolute Gasteiger partial charge is 0.384 e. The lowest BCUT2D eigenvalue weighted by molar-refractivity contribution is -0.750. The van der Waals surface area contributed by atoms with Gasteiger partial charge in [0.2, 0.25) is 11.6 Å². The van der Waals surface area contributed by atoms with Crippen molar-refractivity contribution in [2.24, 2.45) is 21.7 Å². The van der Waals surface area contributed by atoms with Crippen molar-refractivity contribution >= 4 is 29.7 Å². The number of quaternary nitrogens is 1. The van der Waals surface area contributed by atoms with Crippen molar-refractivity contribution in [2.75, 3.05) is 19.0 Å². The maximum atomic E-state index is 13.0. The van der Waals surface area contributed by atoms with E-state index in [9.17, 15) is 9.59 Å². The molecule has 0 aliphatic carbocycles. The minimum atomic E-state index is -0.245. The zero-order chi connectivity index (χ0) is 26.3. The predicted molar refractivity (Wildman–Crippen MR) is 143 cm³/mol. The first-order chi connectivity index (χ1) is 18.5. The number of aliphatic imine (C=N–C) groups is 2. The fourth-order valence-corrected chi connectivity index (χ4v) is 6.06. The predicted octanol–water partition coefficient (Wildman–Crippen LogP) is 2.97. The Morgan fingerprint density at radius 1 is 1.18 bits per heavy atom. The van der Waals surface area contributed by atoms with Crippen LogP contribution >= 0.6 is 0 Å². The normalized spacial score (nSPS) is 27.1. The molecule has 5 heterocycles. The van der Waals surface area contributed by atoms with Gasteiger partial charge in [-0.3, -0.25) is 14.6 Å². The summed E-state index contributed by atoms with van der Waals surface area (Å²) in [6, 6.07) is 12.9. The SMILES string of the molecule is COCCC(=O)N1C2CCC1C(C1=C3C=NC=C[N+]3(N)C(c3ccc(C(=O)Nc4ccccn4)cc3)=N1)C2. The Morgan fingerprint density at radius 2 is 2.03 bits per heavy atom. The summed E-state index contributed by atoms with van der Waals surface area (Å²) in [7, 11) is 1.62. The lowest BCUT2D eigenvalue weighted by atomic mass is 9.86. The summed E-state index contributed by atoms with van der Waals surface area (Å²) in [5.74, 6) is 8.08. The summed E-state index contributed by atoms with van der Waals surface area (Å²) in [4.78, 5) is 41.3. The summed E-state index contributed by atoms with van der Waals surface area (Å²) >= 11 is 0. The third kappa shape index (κ3) is 4.07. The number of hydrogen-bond donors (Lipinski definition) is 2. The standard InChI is InChI=1S/C28H29N7O3/c1-38-15-11-25(36)34-20-9-10-22(34)21(16-20)26-23-17-30-13-14-35(23,29)27(33-26)18-5-7-19(8-6-18)28(37)32-24-4-2-3-12-31-24/h2-8,12-14,17,20-22H,9-11,15-16,29H2,1H3/p+1. The molecule has 0 saturated carbocycles. The summed E-state index contributed by atoms with van der Waals surface area (Å²) < 4.78 is 5.05. The Bertz CT molecular complexity index is 1380. The first kappa shape index (κ1) is 24.4. The molecule has 3 N–H and O–H groups in total. The van der Waals surface area contributed by atoms with Gasteiger partial charge in [0.25, 0.3) is 11.7 Å². The number of carbonyl (C=O) groups is 2. The van der Waals surface area contributed by atoms with Gasteiger partial charge in [-0.15, -0.1) is 4.59 Å². The lowest BCUT2D eigenvalue weighted by Gasteiger charge is -2.27. The van der Waals surface area contributed by atoms with Gasteiger partial charge in [-0.25, -0.2) is 4.98 Å². The van der Waals surface area contributed by atoms with Crippen LogP contribution in [0, 0.1) is 5.92 Å². The average Bonchev–Trinajstić information content (AvgIpc) is 3.61. The van der Waals surface area contributed by atoms with E-state index >= 15 is 0 Å². The molecule has 1 aromatic heterocycles. The van der Waals surface area contributed by atoms with Crippen LogP contribution in [0.3, 0.4) is 0 Å². The van der Waals surface area contributed by atoms with Crippen molar-refractivity contribution in [3.8, 4) is 0 Å². The number of hydrogen-bond acceptors (Lipinski definition) is 7. The van der Waals surface area contributed by atoms with Gasteiger partial charge < -0.3 is 15.0 Å². The number of rotatable bonds is 7. The van der Waals surface area contributed by atoms with Gasteiger partial charge in [-0.05, 0) is 55.7 Å². The third-order valence-electron chi connectivity index (χ3n) is 7.83. The third-order valence-corrected chi connectivity index (χ3v) is 7.83. The van der Waals surface area contributed by atoms with Crippen LogP contribution < -0.4 is 11.2 Å². The van der Waals surface area contributed by atoms with Crippen LogP contribution in [0.4, 0.5) is 5.82 Å². The molecule has 4 unspecified atom stereocenters. The van der Waals surface area contributed by atoms with Crippen LogP contribution in [0.5, 0.6) is 0 Å². The van der Waals surface area contributed by atoms with Crippen LogP contribution in [0.1, 0.15) is 41.6 Å². The molecule has 4 aliphatic heterocycles. The monoisotopic (exact) mass is 512 g/mol. The molecular weight excluding hydrogens is 482 g/mol. The van der Waals surface area contributed by atoms with Gasteiger partial charge in [0, 0.05) is 36.9 Å². The van der Waals surface area contributed by atoms with Crippen molar-refractivity contribution in [3.05, 3.63) is 83.6 Å². The van der Waals surface area contributed by atoms with E-state index in [4.69, 9.17) is 15.6 Å². The molecule has 0 radical (unpaired) electrons. The maximum absolute atomic E-state index is 13.0. The van der Waals surface area contributed by atoms with Gasteiger partial charge in [-0.2, -0.15) is 10.8 Å². The first-order valence-corrected chi connectivity index (χ1v) is 12.8. The second-order valence-electron chi connectivity index (χ2n) is 9.99. The van der Waals surface area contributed by atoms with Crippen molar-refractivity contribution in [1.82, 2.24) is 9.88 Å². The maximum Gasteiger partial charge on any atom is 0.264 e. The molecule has 4 aliphatic rings. The molecule has 2 amide bonds. The number of nitrogens with two attached hydrogens (primary N) is 1. The van der Waals surface area contributed by atoms with Crippen LogP contribution in [0.15, 0.2) is 82.4 Å². The summed E-state index contributed by atoms with van der Waals surface area (Å²) in [5, 5.41) is 2.80. The van der Waals surface area contributed by atoms with E-state index in [2.05, 4.69) is 20.2 Å². The van der Waals surface area contributed by atoms with Gasteiger partial charge >= 0.3 is 0 Å². The lowest BCUT2D eigenvalue weighted by Crippen LogP contribution is -2.53. The Hall–Kier alpha value is -3.99. The van der Waals surface area contributed by atoms with Crippen LogP contribution in [0.2, 0.25) is 0 Å². The molecule has 10 heteroatoms. The number of allylic oxidation sites excluding steroid dienone is 1. The molecule has 1 aromatic carbocycles. The second kappa shape index (κ2) is 9.71. The number of ether oxygens (including phenoxy) is 1. The fourth-order valence-electron chi connectivity index (χ4n) is 6.06. The minimum Gasteiger partial charge on any atom is -0.384 e. The molecule has 4 atom stereocenters. The number of carbonyl (C=O) groups excluding carboxylic acids is 2. The number of nitrogens with one attached hydrogen (secondary N) is 1. The van der Waals surface area contributed by atoms with Crippen LogP contribution in [-0.2, 0) is 9.53 Å². The Morgan fingerprint density at radius 3 is 2.79 bits per heavy atom. The number of benzene rings is 1. The molecule has 10 nitrogen and oxygen atoms in total. The van der Waals surface area contributed by atoms with Crippen molar-refractivity contribution in [3.63, 3.8) is 0 Å². The van der Waals surface area contributed by atoms with E-state index < -0.39 is 0 Å². The number of aromatic nitrogens is 1. The average molecular weight is 513 g/mol. The topological polar surface area (TPSA) is 122 Å². The quantitative estimate of drug-likeness (QED) is 0.436. The zero-order valence-corrected chi connectivity index (χ0v) is 21.2. The smallest absolute Gasteiger partial charge is 0.264 e. The van der Waals surface area contributed by atoms with Crippen molar-refractivity contribution in [2.45, 2.75) is 37.8 Å². The Balaban J connectivity index is 1.27. The Kier molecular flexibility index (Phi) is 6.22. The summed E-state index contributed by atoms with van der Waals surface area (Å²) in [6.07, 6.45) is 10.1. The summed E-state index contributed by atoms with van der Waals surface area (Å²) in [6.45, 7) is 0.422. The molecule has 2 aromatic rings. The van der Waals surface area contributed by atoms with Gasteiger partial charge in [0.1, 0.15) is 17.7 Å². The van der Waals surface area contributed by atoms with E-state index in [-0.39, 0.29) is 34.4 Å². The highest BCUT2D eigenvalue weighted by molar-refractivity contribution is 6.05. The van der Waals surface area contributed by atoms with Gasteiger partial charge in [0.05, 0.1) is 31.0 Å². The number of fused-ring (bicyclic) bond motifs is 3. The molecule has 2 fully saturated rings. The highest BCUT2D eigenvalue weighted by Crippen LogP contribution is 2.48. The van der Waals surface area contributed by atoms with Crippen molar-refractivity contribution in [1.29, 1.82) is 0 Å². The molecular formula is C28H30N7O3+. The number of anilines is 1. The molecule has 0 spiro atoms. The van der Waals surface area contributed by atoms with Crippen molar-refractivity contribution < 1.29 is 18.9 Å². The number of methoxy groups -OCH3 is 1. The molecule has 2 bridgehead atoms. The Labute approximate surface area is 220 Å². The first-order valence-electron chi connectivity index (χ1n) is 12.8. The molecule has 38 heavy (non-hydrogen) atoms. The molecule has 6 rings (SSSR count). The minimum absolute atomic E-state index is 0.0927. The van der Waals surface area contributed by atoms with Gasteiger partial charge in [0.15, 0.2) is 0 Å². The van der Waals surface area contributed by atoms with E-state index in [0.29, 0.717) is 30.2 Å². The van der Waals surface area contributed by atoms with Crippen LogP contribution in [-0.4, -0.2) is 64.1 Å². The fraction of sp³-hybridized carbons (Fsp3) is 0.321. The highest BCUT2D eigenvalue weighted by atomic mass is 16.5. The van der Waals surface area contributed by atoms with E-state index in [1.54, 1.807) is 50.0 Å². The van der Waals surface area contributed by atoms with Gasteiger partial charge in [-0.1, -0.05) is 6.07 Å². The highest BCUT2D eigenvalue weighted by Gasteiger charge is 2.54. The number of amides is 2. The summed E-state index contributed by atoms with van der Waals surface area (Å²) in [5.41, 5.74) is 3.03. The van der Waals surface area contributed by atoms with E-state index in [1.807, 2.05) is 24.4 Å². The molecule has 194 valence electrons. The number of amidine groups is 1. The number of nitrogens with zero attached hydrogens (tertiary/aromatic N) is 5. The zero-order valence-electron chi connectivity index (χ0n) is 21.2. The van der Waals surface area contributed by atoms with Crippen LogP contribution in [0.25, 0.3) is 0 Å². The second-order valence-corrected chi connectivity index (χ2v) is 9.99. The number of pyridine rings is 1.